The summed E-state index contributed by atoms with van der Waals surface area (Å²) in [4.78, 5) is 20.7. The number of aliphatic hydroxyl groups is 4. The molecule has 0 radical (unpaired) electrons. The molecule has 0 bridgehead atoms. The van der Waals surface area contributed by atoms with E-state index in [4.69, 9.17) is 4.74 Å². The number of fused-ring (bicyclic) bond motifs is 2. The molecule has 28 heavy (non-hydrogen) atoms. The summed E-state index contributed by atoms with van der Waals surface area (Å²) in [6, 6.07) is 0. The summed E-state index contributed by atoms with van der Waals surface area (Å²) in [5, 5.41) is 41.6. The highest BCUT2D eigenvalue weighted by Crippen LogP contribution is 2.37. The highest BCUT2D eigenvalue weighted by molar-refractivity contribution is 5.78. The van der Waals surface area contributed by atoms with E-state index >= 15 is 0 Å². The van der Waals surface area contributed by atoms with Crippen LogP contribution in [0.4, 0.5) is 5.82 Å². The Bertz CT molecular complexity index is 1050. The lowest BCUT2D eigenvalue weighted by Gasteiger charge is -2.28. The van der Waals surface area contributed by atoms with Crippen molar-refractivity contribution in [1.82, 2.24) is 29.2 Å². The van der Waals surface area contributed by atoms with Crippen LogP contribution in [0.2, 0.25) is 0 Å². The molecule has 5 rings (SSSR count). The topological polar surface area (TPSA) is 167 Å². The molecular formula is C15H16N8O5. The van der Waals surface area contributed by atoms with Crippen molar-refractivity contribution in [2.45, 2.75) is 30.8 Å². The van der Waals surface area contributed by atoms with Crippen LogP contribution in [-0.2, 0) is 4.74 Å². The minimum atomic E-state index is -1.28. The summed E-state index contributed by atoms with van der Waals surface area (Å²) in [5.74, 6) is 0.262. The molecule has 3 aromatic rings. The van der Waals surface area contributed by atoms with Gasteiger partial charge < -0.3 is 25.2 Å². The Balaban J connectivity index is 1.50. The number of aliphatic hydroxyl groups excluding tert-OH is 4. The summed E-state index contributed by atoms with van der Waals surface area (Å²) < 4.78 is 8.43. The number of hydrogen-bond acceptors (Lipinski definition) is 11. The lowest BCUT2D eigenvalue weighted by Crippen LogP contribution is -2.39. The minimum absolute atomic E-state index is 0.219. The molecule has 13 nitrogen and oxygen atoms in total. The molecule has 13 heteroatoms. The van der Waals surface area contributed by atoms with E-state index < -0.39 is 37.4 Å². The Morgan fingerprint density at radius 3 is 2.71 bits per heavy atom. The first-order valence-electron chi connectivity index (χ1n) is 8.43. The zero-order chi connectivity index (χ0) is 19.4. The molecule has 0 aromatic carbocycles. The average molecular weight is 388 g/mol. The Morgan fingerprint density at radius 2 is 1.93 bits per heavy atom. The quantitative estimate of drug-likeness (QED) is 0.391. The van der Waals surface area contributed by atoms with Gasteiger partial charge in [0.05, 0.1) is 19.1 Å². The standard InChI is InChI=1S/C15H16N8O5/c24-2-8-10(25)11(26)15(28-8)21-4-19-9-13(21)20-6-23(14(9)27)22-5-18-7-1-16-3-17-12(7)22/h1,3-6,8,10-11,14-15,24-27H,2H2/t8-,10?,11?,14?,15-/m1/s1. The van der Waals surface area contributed by atoms with Crippen molar-refractivity contribution < 1.29 is 25.2 Å². The number of hydrogen-bond donors (Lipinski definition) is 4. The lowest BCUT2D eigenvalue weighted by atomic mass is 10.1. The van der Waals surface area contributed by atoms with Crippen molar-refractivity contribution in [3.8, 4) is 0 Å². The Labute approximate surface area is 156 Å². The van der Waals surface area contributed by atoms with E-state index in [1.54, 1.807) is 6.20 Å². The first kappa shape index (κ1) is 17.2. The summed E-state index contributed by atoms with van der Waals surface area (Å²) in [5.41, 5.74) is 1.24. The van der Waals surface area contributed by atoms with E-state index in [0.29, 0.717) is 11.2 Å². The van der Waals surface area contributed by atoms with E-state index in [0.717, 1.165) is 0 Å². The molecule has 0 aliphatic carbocycles. The zero-order valence-electron chi connectivity index (χ0n) is 14.3. The molecule has 0 spiro atoms. The van der Waals surface area contributed by atoms with Crippen LogP contribution in [0.1, 0.15) is 18.1 Å². The first-order chi connectivity index (χ1) is 13.6. The number of ether oxygens (including phenoxy) is 1. The molecule has 2 aliphatic rings. The van der Waals surface area contributed by atoms with Crippen LogP contribution in [0, 0.1) is 0 Å². The second-order valence-corrected chi connectivity index (χ2v) is 6.41. The van der Waals surface area contributed by atoms with Crippen molar-refractivity contribution in [3.63, 3.8) is 0 Å². The molecule has 1 fully saturated rings. The van der Waals surface area contributed by atoms with Gasteiger partial charge in [0.15, 0.2) is 23.9 Å². The minimum Gasteiger partial charge on any atom is -0.394 e. The third-order valence-electron chi connectivity index (χ3n) is 4.82. The van der Waals surface area contributed by atoms with Gasteiger partial charge in [-0.05, 0) is 0 Å². The second-order valence-electron chi connectivity index (χ2n) is 6.41. The van der Waals surface area contributed by atoms with Gasteiger partial charge in [0.1, 0.15) is 48.5 Å². The molecule has 5 atom stereocenters. The fourth-order valence-electron chi connectivity index (χ4n) is 3.38. The largest absolute Gasteiger partial charge is 0.394 e. The van der Waals surface area contributed by atoms with Crippen LogP contribution in [0.3, 0.4) is 0 Å². The van der Waals surface area contributed by atoms with Crippen molar-refractivity contribution in [2.24, 2.45) is 4.99 Å². The Hall–Kier alpha value is -2.97. The molecule has 2 aliphatic heterocycles. The zero-order valence-corrected chi connectivity index (χ0v) is 14.3. The Morgan fingerprint density at radius 1 is 1.07 bits per heavy atom. The highest BCUT2D eigenvalue weighted by atomic mass is 16.6. The average Bonchev–Trinajstić information content (AvgIpc) is 3.40. The van der Waals surface area contributed by atoms with Crippen molar-refractivity contribution in [2.75, 3.05) is 11.6 Å². The maximum absolute atomic E-state index is 10.8. The van der Waals surface area contributed by atoms with Crippen LogP contribution in [0.25, 0.3) is 11.2 Å². The van der Waals surface area contributed by atoms with E-state index in [1.165, 1.54) is 39.6 Å². The van der Waals surface area contributed by atoms with Gasteiger partial charge in [0, 0.05) is 0 Å². The van der Waals surface area contributed by atoms with E-state index in [9.17, 15) is 20.4 Å². The summed E-state index contributed by atoms with van der Waals surface area (Å²) in [7, 11) is 0. The van der Waals surface area contributed by atoms with Crippen molar-refractivity contribution >= 4 is 23.3 Å². The van der Waals surface area contributed by atoms with Gasteiger partial charge in [-0.3, -0.25) is 4.57 Å². The molecule has 3 unspecified atom stereocenters. The van der Waals surface area contributed by atoms with Gasteiger partial charge in [-0.15, -0.1) is 0 Å². The molecule has 1 saturated heterocycles. The maximum atomic E-state index is 10.8. The summed E-state index contributed by atoms with van der Waals surface area (Å²) in [6.07, 6.45) is 1.45. The van der Waals surface area contributed by atoms with Crippen molar-refractivity contribution in [3.05, 3.63) is 30.9 Å². The molecule has 0 saturated carbocycles. The van der Waals surface area contributed by atoms with Crippen LogP contribution < -0.4 is 5.01 Å². The molecule has 5 heterocycles. The normalized spacial score (nSPS) is 29.6. The summed E-state index contributed by atoms with van der Waals surface area (Å²) in [6.45, 7) is -0.444. The maximum Gasteiger partial charge on any atom is 0.194 e. The van der Waals surface area contributed by atoms with E-state index in [2.05, 4.69) is 24.9 Å². The molecule has 4 N–H and O–H groups in total. The van der Waals surface area contributed by atoms with E-state index in [1.807, 2.05) is 0 Å². The summed E-state index contributed by atoms with van der Waals surface area (Å²) >= 11 is 0. The third-order valence-corrected chi connectivity index (χ3v) is 4.82. The van der Waals surface area contributed by atoms with Gasteiger partial charge in [0.2, 0.25) is 0 Å². The van der Waals surface area contributed by atoms with Crippen LogP contribution in [0.5, 0.6) is 0 Å². The van der Waals surface area contributed by atoms with Crippen LogP contribution in [0.15, 0.2) is 30.2 Å². The predicted molar refractivity (Wildman–Crippen MR) is 91.9 cm³/mol. The number of nitrogens with zero attached hydrogens (tertiary/aromatic N) is 8. The van der Waals surface area contributed by atoms with Gasteiger partial charge in [-0.2, -0.15) is 0 Å². The van der Waals surface area contributed by atoms with Gasteiger partial charge in [-0.25, -0.2) is 34.6 Å². The number of imidazole rings is 2. The fraction of sp³-hybridized carbons (Fsp3) is 0.400. The Kier molecular flexibility index (Phi) is 3.85. The van der Waals surface area contributed by atoms with E-state index in [-0.39, 0.29) is 11.5 Å². The molecule has 3 aromatic heterocycles. The smallest absolute Gasteiger partial charge is 0.194 e. The number of aromatic nitrogens is 6. The fourth-order valence-corrected chi connectivity index (χ4v) is 3.38. The number of rotatable bonds is 3. The SMILES string of the molecule is OC[C@H]1O[C@@H](n2cnc3c2N=CN(n2cnc4cncnc42)C3O)C(O)C1O. The first-order valence-corrected chi connectivity index (χ1v) is 8.43. The van der Waals surface area contributed by atoms with Crippen LogP contribution in [-0.4, -0.2) is 80.9 Å². The van der Waals surface area contributed by atoms with Gasteiger partial charge in [-0.1, -0.05) is 0 Å². The highest BCUT2D eigenvalue weighted by Gasteiger charge is 2.45. The second kappa shape index (κ2) is 6.29. The van der Waals surface area contributed by atoms with Crippen LogP contribution >= 0.6 is 0 Å². The third kappa shape index (κ3) is 2.35. The molecular weight excluding hydrogens is 372 g/mol. The lowest BCUT2D eigenvalue weighted by molar-refractivity contribution is -0.0520. The predicted octanol–water partition coefficient (Wildman–Crippen LogP) is -2.06. The van der Waals surface area contributed by atoms with Crippen molar-refractivity contribution in [1.29, 1.82) is 0 Å². The molecule has 146 valence electrons. The van der Waals surface area contributed by atoms with Gasteiger partial charge in [0.25, 0.3) is 0 Å². The molecule has 0 amide bonds. The van der Waals surface area contributed by atoms with Gasteiger partial charge >= 0.3 is 0 Å². The monoisotopic (exact) mass is 388 g/mol. The number of aliphatic imine (C=N–C) groups is 1.